The lowest BCUT2D eigenvalue weighted by atomic mass is 9.97. The van der Waals surface area contributed by atoms with Crippen molar-refractivity contribution in [1.82, 2.24) is 10.2 Å². The maximum absolute atomic E-state index is 12.8. The van der Waals surface area contributed by atoms with Crippen LogP contribution in [0.1, 0.15) is 26.2 Å². The standard InChI is InChI=1S/C19H23ClN4O2/c1-2-12-26-16-8-4-3-7-15(16)21-19(25)14-6-5-11-24(13-14)18-10-9-17(20)22-23-18/h3-4,7-10,14H,2,5-6,11-13H2,1H3,(H,21,25)/t14-/m0/s1. The average Bonchev–Trinajstić information content (AvgIpc) is 2.68. The van der Waals surface area contributed by atoms with E-state index >= 15 is 0 Å². The van der Waals surface area contributed by atoms with Crippen molar-refractivity contribution < 1.29 is 9.53 Å². The second-order valence-corrected chi connectivity index (χ2v) is 6.72. The highest BCUT2D eigenvalue weighted by Gasteiger charge is 2.27. The number of anilines is 2. The number of nitrogens with one attached hydrogen (secondary N) is 1. The van der Waals surface area contributed by atoms with Crippen LogP contribution < -0.4 is 15.0 Å². The van der Waals surface area contributed by atoms with Crippen LogP contribution in [0.5, 0.6) is 5.75 Å². The lowest BCUT2D eigenvalue weighted by Crippen LogP contribution is -2.41. The molecule has 1 N–H and O–H groups in total. The molecule has 0 unspecified atom stereocenters. The minimum absolute atomic E-state index is 0.00386. The Morgan fingerprint density at radius 2 is 2.15 bits per heavy atom. The maximum Gasteiger partial charge on any atom is 0.229 e. The monoisotopic (exact) mass is 374 g/mol. The first-order chi connectivity index (χ1) is 12.7. The molecule has 6 nitrogen and oxygen atoms in total. The fourth-order valence-electron chi connectivity index (χ4n) is 3.02. The molecule has 1 amide bonds. The Morgan fingerprint density at radius 3 is 2.92 bits per heavy atom. The molecule has 0 aliphatic carbocycles. The van der Waals surface area contributed by atoms with E-state index in [4.69, 9.17) is 16.3 Å². The number of hydrogen-bond acceptors (Lipinski definition) is 5. The van der Waals surface area contributed by atoms with E-state index in [1.54, 1.807) is 6.07 Å². The Kier molecular flexibility index (Phi) is 6.28. The molecule has 1 aromatic heterocycles. The third kappa shape index (κ3) is 4.64. The first-order valence-electron chi connectivity index (χ1n) is 8.94. The highest BCUT2D eigenvalue weighted by atomic mass is 35.5. The lowest BCUT2D eigenvalue weighted by molar-refractivity contribution is -0.120. The number of carbonyl (C=O) groups is 1. The lowest BCUT2D eigenvalue weighted by Gasteiger charge is -2.32. The zero-order valence-corrected chi connectivity index (χ0v) is 15.6. The van der Waals surface area contributed by atoms with E-state index in [2.05, 4.69) is 27.3 Å². The van der Waals surface area contributed by atoms with Gasteiger partial charge in [-0.2, -0.15) is 0 Å². The highest BCUT2D eigenvalue weighted by Crippen LogP contribution is 2.27. The van der Waals surface area contributed by atoms with Crippen molar-refractivity contribution >= 4 is 29.0 Å². The summed E-state index contributed by atoms with van der Waals surface area (Å²) in [4.78, 5) is 14.9. The quantitative estimate of drug-likeness (QED) is 0.833. The number of aromatic nitrogens is 2. The van der Waals surface area contributed by atoms with Gasteiger partial charge in [-0.05, 0) is 43.5 Å². The molecule has 2 heterocycles. The first kappa shape index (κ1) is 18.5. The van der Waals surface area contributed by atoms with Gasteiger partial charge in [0.15, 0.2) is 11.0 Å². The molecule has 0 spiro atoms. The minimum Gasteiger partial charge on any atom is -0.491 e. The number of amides is 1. The van der Waals surface area contributed by atoms with Gasteiger partial charge in [0.05, 0.1) is 18.2 Å². The summed E-state index contributed by atoms with van der Waals surface area (Å²) in [5.74, 6) is 1.35. The number of nitrogens with zero attached hydrogens (tertiary/aromatic N) is 3. The summed E-state index contributed by atoms with van der Waals surface area (Å²) in [6.45, 7) is 4.15. The topological polar surface area (TPSA) is 67.3 Å². The Morgan fingerprint density at radius 1 is 1.31 bits per heavy atom. The van der Waals surface area contributed by atoms with Gasteiger partial charge < -0.3 is 15.0 Å². The van der Waals surface area contributed by atoms with Crippen LogP contribution in [-0.2, 0) is 4.79 Å². The average molecular weight is 375 g/mol. The van der Waals surface area contributed by atoms with Crippen molar-refractivity contribution in [3.63, 3.8) is 0 Å². The van der Waals surface area contributed by atoms with Gasteiger partial charge >= 0.3 is 0 Å². The predicted molar refractivity (Wildman–Crippen MR) is 103 cm³/mol. The second-order valence-electron chi connectivity index (χ2n) is 6.33. The van der Waals surface area contributed by atoms with Crippen molar-refractivity contribution in [2.24, 2.45) is 5.92 Å². The Hall–Kier alpha value is -2.34. The smallest absolute Gasteiger partial charge is 0.229 e. The van der Waals surface area contributed by atoms with Crippen LogP contribution >= 0.6 is 11.6 Å². The summed E-state index contributed by atoms with van der Waals surface area (Å²) in [7, 11) is 0. The molecule has 138 valence electrons. The summed E-state index contributed by atoms with van der Waals surface area (Å²) in [6.07, 6.45) is 2.69. The van der Waals surface area contributed by atoms with E-state index < -0.39 is 0 Å². The van der Waals surface area contributed by atoms with Crippen LogP contribution in [0.15, 0.2) is 36.4 Å². The predicted octanol–water partition coefficient (Wildman–Crippen LogP) is 3.77. The number of carbonyl (C=O) groups excluding carboxylic acids is 1. The summed E-state index contributed by atoms with van der Waals surface area (Å²) < 4.78 is 5.72. The molecule has 26 heavy (non-hydrogen) atoms. The zero-order chi connectivity index (χ0) is 18.4. The normalized spacial score (nSPS) is 17.0. The van der Waals surface area contributed by atoms with Crippen LogP contribution in [0, 0.1) is 5.92 Å². The van der Waals surface area contributed by atoms with Gasteiger partial charge in [-0.3, -0.25) is 4.79 Å². The number of halogens is 1. The molecule has 1 atom stereocenters. The molecular weight excluding hydrogens is 352 g/mol. The SMILES string of the molecule is CCCOc1ccccc1NC(=O)[C@H]1CCCN(c2ccc(Cl)nn2)C1. The third-order valence-electron chi connectivity index (χ3n) is 4.34. The minimum atomic E-state index is -0.111. The number of rotatable bonds is 6. The van der Waals surface area contributed by atoms with Crippen molar-refractivity contribution in [2.75, 3.05) is 29.9 Å². The molecule has 1 aliphatic rings. The molecule has 1 aliphatic heterocycles. The van der Waals surface area contributed by atoms with Crippen molar-refractivity contribution in [3.8, 4) is 5.75 Å². The molecule has 0 bridgehead atoms. The fraction of sp³-hybridized carbons (Fsp3) is 0.421. The van der Waals surface area contributed by atoms with E-state index in [1.165, 1.54) is 0 Å². The fourth-order valence-corrected chi connectivity index (χ4v) is 3.12. The third-order valence-corrected chi connectivity index (χ3v) is 4.54. The number of hydrogen-bond donors (Lipinski definition) is 1. The van der Waals surface area contributed by atoms with Crippen LogP contribution in [0.3, 0.4) is 0 Å². The van der Waals surface area contributed by atoms with Crippen LogP contribution in [0.2, 0.25) is 5.15 Å². The summed E-state index contributed by atoms with van der Waals surface area (Å²) >= 11 is 5.80. The number of para-hydroxylation sites is 2. The zero-order valence-electron chi connectivity index (χ0n) is 14.8. The molecule has 2 aromatic rings. The van der Waals surface area contributed by atoms with Crippen LogP contribution in [-0.4, -0.2) is 35.8 Å². The van der Waals surface area contributed by atoms with Gasteiger partial charge in [0.1, 0.15) is 5.75 Å². The molecule has 7 heteroatoms. The Balaban J connectivity index is 1.65. The van der Waals surface area contributed by atoms with E-state index in [0.717, 1.165) is 31.6 Å². The molecule has 1 aromatic carbocycles. The van der Waals surface area contributed by atoms with Gasteiger partial charge in [-0.25, -0.2) is 0 Å². The van der Waals surface area contributed by atoms with Gasteiger partial charge in [-0.1, -0.05) is 30.7 Å². The molecule has 0 saturated carbocycles. The molecule has 3 rings (SSSR count). The summed E-state index contributed by atoms with van der Waals surface area (Å²) in [5.41, 5.74) is 0.717. The van der Waals surface area contributed by atoms with E-state index in [9.17, 15) is 4.79 Å². The number of ether oxygens (including phenoxy) is 1. The van der Waals surface area contributed by atoms with Gasteiger partial charge in [-0.15, -0.1) is 10.2 Å². The molecule has 0 radical (unpaired) electrons. The van der Waals surface area contributed by atoms with Crippen LogP contribution in [0.25, 0.3) is 0 Å². The highest BCUT2D eigenvalue weighted by molar-refractivity contribution is 6.29. The van der Waals surface area contributed by atoms with Crippen molar-refractivity contribution in [1.29, 1.82) is 0 Å². The largest absolute Gasteiger partial charge is 0.491 e. The summed E-state index contributed by atoms with van der Waals surface area (Å²) in [6, 6.07) is 11.1. The van der Waals surface area contributed by atoms with E-state index in [1.807, 2.05) is 30.3 Å². The van der Waals surface area contributed by atoms with Gasteiger partial charge in [0, 0.05) is 13.1 Å². The molecular formula is C19H23ClN4O2. The Bertz CT molecular complexity index is 739. The Labute approximate surface area is 158 Å². The second kappa shape index (κ2) is 8.85. The van der Waals surface area contributed by atoms with Crippen molar-refractivity contribution in [3.05, 3.63) is 41.6 Å². The summed E-state index contributed by atoms with van der Waals surface area (Å²) in [5, 5.41) is 11.4. The van der Waals surface area contributed by atoms with Crippen LogP contribution in [0.4, 0.5) is 11.5 Å². The van der Waals surface area contributed by atoms with Gasteiger partial charge in [0.25, 0.3) is 0 Å². The van der Waals surface area contributed by atoms with Gasteiger partial charge in [0.2, 0.25) is 5.91 Å². The van der Waals surface area contributed by atoms with E-state index in [-0.39, 0.29) is 11.8 Å². The first-order valence-corrected chi connectivity index (χ1v) is 9.32. The molecule has 1 saturated heterocycles. The number of benzene rings is 1. The molecule has 1 fully saturated rings. The number of piperidine rings is 1. The van der Waals surface area contributed by atoms with Crippen molar-refractivity contribution in [2.45, 2.75) is 26.2 Å². The van der Waals surface area contributed by atoms with E-state index in [0.29, 0.717) is 29.7 Å². The maximum atomic E-state index is 12.8.